The van der Waals surface area contributed by atoms with E-state index < -0.39 is 0 Å². The predicted molar refractivity (Wildman–Crippen MR) is 119 cm³/mol. The standard InChI is InChI=1S/C25H40N2O2/c1-26(19-21-9-15-28-16-10-21)11-4-14-29-25-8-7-23-17-22(5-6-24(23)18-25)20-27-12-2-3-13-27/h7-8,18,21-22H,2-6,9-17,19-20H2,1H3. The number of likely N-dealkylation sites (tertiary alicyclic amines) is 1. The van der Waals surface area contributed by atoms with Crippen LogP contribution < -0.4 is 4.74 Å². The Morgan fingerprint density at radius 3 is 2.72 bits per heavy atom. The van der Waals surface area contributed by atoms with Gasteiger partial charge in [0, 0.05) is 32.8 Å². The fourth-order valence-corrected chi connectivity index (χ4v) is 5.37. The van der Waals surface area contributed by atoms with E-state index in [0.29, 0.717) is 0 Å². The molecule has 1 aliphatic carbocycles. The average molecular weight is 401 g/mol. The topological polar surface area (TPSA) is 24.9 Å². The van der Waals surface area contributed by atoms with Gasteiger partial charge in [0.05, 0.1) is 6.61 Å². The van der Waals surface area contributed by atoms with Crippen LogP contribution in [0, 0.1) is 11.8 Å². The third-order valence-electron chi connectivity index (χ3n) is 7.09. The van der Waals surface area contributed by atoms with Crippen molar-refractivity contribution in [3.05, 3.63) is 29.3 Å². The van der Waals surface area contributed by atoms with Gasteiger partial charge in [-0.15, -0.1) is 0 Å². The lowest BCUT2D eigenvalue weighted by Crippen LogP contribution is -2.30. The maximum absolute atomic E-state index is 6.09. The Balaban J connectivity index is 1.16. The molecule has 0 N–H and O–H groups in total. The van der Waals surface area contributed by atoms with Crippen molar-refractivity contribution in [1.82, 2.24) is 9.80 Å². The SMILES string of the molecule is CN(CCCOc1ccc2c(c1)CCC(CN1CCCC1)C2)CC1CCOCC1. The molecule has 2 aliphatic heterocycles. The largest absolute Gasteiger partial charge is 0.494 e. The van der Waals surface area contributed by atoms with Crippen LogP contribution in [0.2, 0.25) is 0 Å². The van der Waals surface area contributed by atoms with Gasteiger partial charge in [-0.3, -0.25) is 0 Å². The Hall–Kier alpha value is -1.10. The molecule has 1 unspecified atom stereocenters. The molecule has 162 valence electrons. The minimum atomic E-state index is 0.810. The molecule has 1 aromatic rings. The molecule has 4 heteroatoms. The molecule has 2 fully saturated rings. The van der Waals surface area contributed by atoms with Crippen LogP contribution in [0.25, 0.3) is 0 Å². The van der Waals surface area contributed by atoms with Crippen LogP contribution in [0.4, 0.5) is 0 Å². The van der Waals surface area contributed by atoms with Crippen LogP contribution in [0.15, 0.2) is 18.2 Å². The number of fused-ring (bicyclic) bond motifs is 1. The highest BCUT2D eigenvalue weighted by Crippen LogP contribution is 2.30. The molecule has 0 saturated carbocycles. The lowest BCUT2D eigenvalue weighted by molar-refractivity contribution is 0.0552. The molecule has 4 nitrogen and oxygen atoms in total. The normalized spacial score (nSPS) is 23.4. The fraction of sp³-hybridized carbons (Fsp3) is 0.760. The Morgan fingerprint density at radius 1 is 1.07 bits per heavy atom. The second kappa shape index (κ2) is 10.8. The van der Waals surface area contributed by atoms with Crippen molar-refractivity contribution in [3.8, 4) is 5.75 Å². The van der Waals surface area contributed by atoms with E-state index in [1.807, 2.05) is 0 Å². The van der Waals surface area contributed by atoms with Gasteiger partial charge in [-0.05, 0) is 107 Å². The number of aryl methyl sites for hydroxylation is 1. The first-order chi connectivity index (χ1) is 14.3. The molecule has 0 bridgehead atoms. The van der Waals surface area contributed by atoms with Crippen LogP contribution in [0.5, 0.6) is 5.75 Å². The molecular formula is C25H40N2O2. The summed E-state index contributed by atoms with van der Waals surface area (Å²) >= 11 is 0. The summed E-state index contributed by atoms with van der Waals surface area (Å²) in [5.74, 6) is 2.72. The number of ether oxygens (including phenoxy) is 2. The number of rotatable bonds is 9. The van der Waals surface area contributed by atoms with Gasteiger partial charge in [-0.25, -0.2) is 0 Å². The summed E-state index contributed by atoms with van der Waals surface area (Å²) in [5, 5.41) is 0. The van der Waals surface area contributed by atoms with E-state index in [9.17, 15) is 0 Å². The zero-order valence-electron chi connectivity index (χ0n) is 18.4. The first kappa shape index (κ1) is 21.1. The van der Waals surface area contributed by atoms with Crippen molar-refractivity contribution in [1.29, 1.82) is 0 Å². The van der Waals surface area contributed by atoms with Crippen molar-refractivity contribution in [3.63, 3.8) is 0 Å². The smallest absolute Gasteiger partial charge is 0.119 e. The van der Waals surface area contributed by atoms with E-state index in [0.717, 1.165) is 50.4 Å². The van der Waals surface area contributed by atoms with Gasteiger partial charge >= 0.3 is 0 Å². The molecule has 2 saturated heterocycles. The Labute approximate surface area is 177 Å². The first-order valence-electron chi connectivity index (χ1n) is 12.0. The summed E-state index contributed by atoms with van der Waals surface area (Å²) in [5.41, 5.74) is 3.08. The second-order valence-corrected chi connectivity index (χ2v) is 9.57. The zero-order valence-corrected chi connectivity index (χ0v) is 18.4. The molecular weight excluding hydrogens is 360 g/mol. The van der Waals surface area contributed by atoms with Crippen molar-refractivity contribution < 1.29 is 9.47 Å². The summed E-state index contributed by atoms with van der Waals surface area (Å²) in [7, 11) is 2.24. The van der Waals surface area contributed by atoms with Crippen molar-refractivity contribution in [2.45, 2.75) is 51.4 Å². The highest BCUT2D eigenvalue weighted by molar-refractivity contribution is 5.37. The van der Waals surface area contributed by atoms with Gasteiger partial charge in [-0.1, -0.05) is 6.07 Å². The maximum atomic E-state index is 6.09. The Bertz CT molecular complexity index is 623. The fourth-order valence-electron chi connectivity index (χ4n) is 5.37. The summed E-state index contributed by atoms with van der Waals surface area (Å²) in [6, 6.07) is 6.84. The third kappa shape index (κ3) is 6.44. The van der Waals surface area contributed by atoms with Gasteiger partial charge in [0.1, 0.15) is 5.75 Å². The van der Waals surface area contributed by atoms with E-state index in [4.69, 9.17) is 9.47 Å². The van der Waals surface area contributed by atoms with Gasteiger partial charge in [0.15, 0.2) is 0 Å². The lowest BCUT2D eigenvalue weighted by atomic mass is 9.83. The quantitative estimate of drug-likeness (QED) is 0.585. The van der Waals surface area contributed by atoms with E-state index in [1.165, 1.54) is 76.7 Å². The highest BCUT2D eigenvalue weighted by atomic mass is 16.5. The average Bonchev–Trinajstić information content (AvgIpc) is 3.25. The summed E-state index contributed by atoms with van der Waals surface area (Å²) in [6.07, 6.45) is 10.1. The number of hydrogen-bond acceptors (Lipinski definition) is 4. The minimum Gasteiger partial charge on any atom is -0.494 e. The van der Waals surface area contributed by atoms with Crippen LogP contribution in [-0.4, -0.2) is 69.4 Å². The molecule has 2 heterocycles. The second-order valence-electron chi connectivity index (χ2n) is 9.57. The van der Waals surface area contributed by atoms with Crippen LogP contribution in [-0.2, 0) is 17.6 Å². The number of nitrogens with zero attached hydrogens (tertiary/aromatic N) is 2. The summed E-state index contributed by atoms with van der Waals surface area (Å²) in [6.45, 7) is 8.95. The molecule has 0 aromatic heterocycles. The predicted octanol–water partition coefficient (Wildman–Crippen LogP) is 4.01. The van der Waals surface area contributed by atoms with Crippen molar-refractivity contribution in [2.24, 2.45) is 11.8 Å². The Kier molecular flexibility index (Phi) is 7.87. The number of benzene rings is 1. The van der Waals surface area contributed by atoms with Gasteiger partial charge in [-0.2, -0.15) is 0 Å². The molecule has 4 rings (SSSR count). The maximum Gasteiger partial charge on any atom is 0.119 e. The van der Waals surface area contributed by atoms with E-state index >= 15 is 0 Å². The monoisotopic (exact) mass is 400 g/mol. The summed E-state index contributed by atoms with van der Waals surface area (Å²) in [4.78, 5) is 5.14. The molecule has 0 amide bonds. The lowest BCUT2D eigenvalue weighted by Gasteiger charge is -2.28. The Morgan fingerprint density at radius 2 is 1.90 bits per heavy atom. The minimum absolute atomic E-state index is 0.810. The first-order valence-corrected chi connectivity index (χ1v) is 12.0. The van der Waals surface area contributed by atoms with E-state index in [2.05, 4.69) is 35.0 Å². The zero-order chi connectivity index (χ0) is 19.9. The molecule has 0 radical (unpaired) electrons. The van der Waals surface area contributed by atoms with Gasteiger partial charge in [0.25, 0.3) is 0 Å². The van der Waals surface area contributed by atoms with E-state index in [1.54, 1.807) is 5.56 Å². The molecule has 29 heavy (non-hydrogen) atoms. The third-order valence-corrected chi connectivity index (χ3v) is 7.09. The van der Waals surface area contributed by atoms with Gasteiger partial charge < -0.3 is 19.3 Å². The van der Waals surface area contributed by atoms with Crippen molar-refractivity contribution >= 4 is 0 Å². The molecule has 0 spiro atoms. The highest BCUT2D eigenvalue weighted by Gasteiger charge is 2.23. The molecule has 1 atom stereocenters. The molecule has 1 aromatic carbocycles. The number of hydrogen-bond donors (Lipinski definition) is 0. The van der Waals surface area contributed by atoms with Crippen LogP contribution in [0.3, 0.4) is 0 Å². The molecule has 3 aliphatic rings. The van der Waals surface area contributed by atoms with Crippen molar-refractivity contribution in [2.75, 3.05) is 59.6 Å². The van der Waals surface area contributed by atoms with Crippen LogP contribution in [0.1, 0.15) is 49.7 Å². The summed E-state index contributed by atoms with van der Waals surface area (Å²) < 4.78 is 11.6. The van der Waals surface area contributed by atoms with Crippen LogP contribution >= 0.6 is 0 Å². The van der Waals surface area contributed by atoms with Gasteiger partial charge in [0.2, 0.25) is 0 Å². The van der Waals surface area contributed by atoms with E-state index in [-0.39, 0.29) is 0 Å².